The Morgan fingerprint density at radius 3 is 2.17 bits per heavy atom. The molecule has 120 valence electrons. The second-order valence-corrected chi connectivity index (χ2v) is 6.14. The molecule has 1 atom stereocenters. The lowest BCUT2D eigenvalue weighted by Gasteiger charge is -2.31. The predicted molar refractivity (Wildman–Crippen MR) is 91.8 cm³/mol. The normalized spacial score (nSPS) is 15.6. The largest absolute Gasteiger partial charge is 0.457 e. The van der Waals surface area contributed by atoms with Gasteiger partial charge in [0.2, 0.25) is 5.91 Å². The first-order valence-corrected chi connectivity index (χ1v) is 7.98. The first-order chi connectivity index (χ1) is 11.1. The van der Waals surface area contributed by atoms with Gasteiger partial charge in [-0.3, -0.25) is 4.79 Å². The highest BCUT2D eigenvalue weighted by atomic mass is 16.5. The van der Waals surface area contributed by atoms with Crippen LogP contribution in [0.1, 0.15) is 12.5 Å². The van der Waals surface area contributed by atoms with Gasteiger partial charge in [0.1, 0.15) is 11.5 Å². The van der Waals surface area contributed by atoms with Crippen LogP contribution in [0.5, 0.6) is 11.5 Å². The summed E-state index contributed by atoms with van der Waals surface area (Å²) in [6.07, 6.45) is 0. The van der Waals surface area contributed by atoms with Gasteiger partial charge in [0.15, 0.2) is 0 Å². The van der Waals surface area contributed by atoms with Gasteiger partial charge < -0.3 is 15.4 Å². The summed E-state index contributed by atoms with van der Waals surface area (Å²) in [6.45, 7) is 5.88. The second kappa shape index (κ2) is 6.84. The SMILES string of the molecule is Cc1ccc(Oc2ccc(NC(=O)C(C)C3CNC3)cc2)cc1. The molecule has 0 aromatic heterocycles. The summed E-state index contributed by atoms with van der Waals surface area (Å²) in [5, 5.41) is 6.17. The van der Waals surface area contributed by atoms with Crippen LogP contribution in [0.15, 0.2) is 48.5 Å². The maximum atomic E-state index is 12.2. The van der Waals surface area contributed by atoms with Crippen molar-refractivity contribution in [2.24, 2.45) is 11.8 Å². The fraction of sp³-hybridized carbons (Fsp3) is 0.316. The van der Waals surface area contributed by atoms with Gasteiger partial charge in [-0.05, 0) is 62.3 Å². The van der Waals surface area contributed by atoms with E-state index in [0.717, 1.165) is 30.3 Å². The molecule has 0 spiro atoms. The van der Waals surface area contributed by atoms with E-state index in [4.69, 9.17) is 4.74 Å². The van der Waals surface area contributed by atoms with E-state index in [9.17, 15) is 4.79 Å². The Labute approximate surface area is 136 Å². The number of ether oxygens (including phenoxy) is 1. The quantitative estimate of drug-likeness (QED) is 0.887. The Kier molecular flexibility index (Phi) is 4.63. The zero-order valence-electron chi connectivity index (χ0n) is 13.5. The molecule has 2 aromatic rings. The molecule has 3 rings (SSSR count). The average Bonchev–Trinajstić information content (AvgIpc) is 2.50. The summed E-state index contributed by atoms with van der Waals surface area (Å²) in [4.78, 5) is 12.2. The number of benzene rings is 2. The Balaban J connectivity index is 1.58. The van der Waals surface area contributed by atoms with E-state index in [1.54, 1.807) is 0 Å². The van der Waals surface area contributed by atoms with E-state index in [1.807, 2.05) is 62.4 Å². The van der Waals surface area contributed by atoms with Crippen molar-refractivity contribution >= 4 is 11.6 Å². The van der Waals surface area contributed by atoms with Gasteiger partial charge in [-0.15, -0.1) is 0 Å². The molecular formula is C19H22N2O2. The van der Waals surface area contributed by atoms with Crippen LogP contribution < -0.4 is 15.4 Å². The number of hydrogen-bond donors (Lipinski definition) is 2. The van der Waals surface area contributed by atoms with Crippen molar-refractivity contribution in [3.63, 3.8) is 0 Å². The number of amides is 1. The summed E-state index contributed by atoms with van der Waals surface area (Å²) >= 11 is 0. The Bertz CT molecular complexity index is 661. The van der Waals surface area contributed by atoms with Crippen molar-refractivity contribution < 1.29 is 9.53 Å². The molecule has 4 nitrogen and oxygen atoms in total. The van der Waals surface area contributed by atoms with Crippen molar-refractivity contribution in [2.45, 2.75) is 13.8 Å². The van der Waals surface area contributed by atoms with E-state index in [1.165, 1.54) is 5.56 Å². The van der Waals surface area contributed by atoms with E-state index in [-0.39, 0.29) is 11.8 Å². The second-order valence-electron chi connectivity index (χ2n) is 6.14. The van der Waals surface area contributed by atoms with Crippen LogP contribution in [0.25, 0.3) is 0 Å². The predicted octanol–water partition coefficient (Wildman–Crippen LogP) is 3.58. The number of aryl methyl sites for hydroxylation is 1. The lowest BCUT2D eigenvalue weighted by atomic mass is 9.88. The van der Waals surface area contributed by atoms with Crippen molar-refractivity contribution in [1.29, 1.82) is 0 Å². The number of hydrogen-bond acceptors (Lipinski definition) is 3. The Morgan fingerprint density at radius 1 is 1.09 bits per heavy atom. The molecule has 1 heterocycles. The van der Waals surface area contributed by atoms with Crippen molar-refractivity contribution in [3.05, 3.63) is 54.1 Å². The topological polar surface area (TPSA) is 50.4 Å². The fourth-order valence-corrected chi connectivity index (χ4v) is 2.48. The van der Waals surface area contributed by atoms with Crippen molar-refractivity contribution in [1.82, 2.24) is 5.32 Å². The standard InChI is InChI=1S/C19H22N2O2/c1-13-3-7-17(8-4-13)23-18-9-5-16(6-10-18)21-19(22)14(2)15-11-20-12-15/h3-10,14-15,20H,11-12H2,1-2H3,(H,21,22). The lowest BCUT2D eigenvalue weighted by Crippen LogP contribution is -2.48. The number of carbonyl (C=O) groups is 1. The molecule has 1 fully saturated rings. The maximum Gasteiger partial charge on any atom is 0.227 e. The monoisotopic (exact) mass is 310 g/mol. The Hall–Kier alpha value is -2.33. The van der Waals surface area contributed by atoms with Gasteiger partial charge >= 0.3 is 0 Å². The third-order valence-corrected chi connectivity index (χ3v) is 4.31. The summed E-state index contributed by atoms with van der Waals surface area (Å²) in [5.74, 6) is 2.10. The van der Waals surface area contributed by atoms with Crippen LogP contribution in [-0.4, -0.2) is 19.0 Å². The third-order valence-electron chi connectivity index (χ3n) is 4.31. The van der Waals surface area contributed by atoms with Gasteiger partial charge in [0.25, 0.3) is 0 Å². The minimum atomic E-state index is 0.0275. The summed E-state index contributed by atoms with van der Waals surface area (Å²) in [7, 11) is 0. The van der Waals surface area contributed by atoms with E-state index in [2.05, 4.69) is 10.6 Å². The van der Waals surface area contributed by atoms with E-state index >= 15 is 0 Å². The van der Waals surface area contributed by atoms with Crippen LogP contribution >= 0.6 is 0 Å². The molecule has 1 aliphatic heterocycles. The molecule has 1 unspecified atom stereocenters. The number of carbonyl (C=O) groups excluding carboxylic acids is 1. The van der Waals surface area contributed by atoms with Crippen LogP contribution in [0.3, 0.4) is 0 Å². The highest BCUT2D eigenvalue weighted by Crippen LogP contribution is 2.24. The van der Waals surface area contributed by atoms with E-state index in [0.29, 0.717) is 5.92 Å². The number of rotatable bonds is 5. The van der Waals surface area contributed by atoms with Crippen molar-refractivity contribution in [3.8, 4) is 11.5 Å². The minimum absolute atomic E-state index is 0.0275. The molecule has 1 aliphatic rings. The minimum Gasteiger partial charge on any atom is -0.457 e. The molecule has 0 bridgehead atoms. The van der Waals surface area contributed by atoms with Gasteiger partial charge in [0, 0.05) is 11.6 Å². The number of nitrogens with one attached hydrogen (secondary N) is 2. The molecule has 4 heteroatoms. The molecule has 23 heavy (non-hydrogen) atoms. The zero-order valence-corrected chi connectivity index (χ0v) is 13.5. The molecule has 0 radical (unpaired) electrons. The summed E-state index contributed by atoms with van der Waals surface area (Å²) < 4.78 is 5.78. The molecular weight excluding hydrogens is 288 g/mol. The van der Waals surface area contributed by atoms with Crippen LogP contribution in [0, 0.1) is 18.8 Å². The van der Waals surface area contributed by atoms with Crippen LogP contribution in [0.4, 0.5) is 5.69 Å². The van der Waals surface area contributed by atoms with Gasteiger partial charge in [-0.2, -0.15) is 0 Å². The maximum absolute atomic E-state index is 12.2. The lowest BCUT2D eigenvalue weighted by molar-refractivity contribution is -0.121. The highest BCUT2D eigenvalue weighted by Gasteiger charge is 2.28. The molecule has 1 amide bonds. The third kappa shape index (κ3) is 3.90. The summed E-state index contributed by atoms with van der Waals surface area (Å²) in [6, 6.07) is 15.4. The van der Waals surface area contributed by atoms with E-state index < -0.39 is 0 Å². The van der Waals surface area contributed by atoms with Crippen molar-refractivity contribution in [2.75, 3.05) is 18.4 Å². The number of anilines is 1. The zero-order chi connectivity index (χ0) is 16.2. The van der Waals surface area contributed by atoms with Crippen LogP contribution in [0.2, 0.25) is 0 Å². The molecule has 0 saturated carbocycles. The summed E-state index contributed by atoms with van der Waals surface area (Å²) in [5.41, 5.74) is 2.00. The molecule has 2 N–H and O–H groups in total. The van der Waals surface area contributed by atoms with Gasteiger partial charge in [0.05, 0.1) is 0 Å². The first-order valence-electron chi connectivity index (χ1n) is 7.98. The molecule has 2 aromatic carbocycles. The fourth-order valence-electron chi connectivity index (χ4n) is 2.48. The molecule has 1 saturated heterocycles. The van der Waals surface area contributed by atoms with Gasteiger partial charge in [-0.1, -0.05) is 24.6 Å². The Morgan fingerprint density at radius 2 is 1.65 bits per heavy atom. The van der Waals surface area contributed by atoms with Gasteiger partial charge in [-0.25, -0.2) is 0 Å². The molecule has 0 aliphatic carbocycles. The average molecular weight is 310 g/mol. The highest BCUT2D eigenvalue weighted by molar-refractivity contribution is 5.92. The first kappa shape index (κ1) is 15.6. The smallest absolute Gasteiger partial charge is 0.227 e. The van der Waals surface area contributed by atoms with Crippen LogP contribution in [-0.2, 0) is 4.79 Å².